The minimum atomic E-state index is -0.699. The Morgan fingerprint density at radius 2 is 1.25 bits per heavy atom. The Kier molecular flexibility index (Phi) is 15.7. The zero-order chi connectivity index (χ0) is 14.9. The number of rotatable bonds is 16. The van der Waals surface area contributed by atoms with Gasteiger partial charge in [0, 0.05) is 6.42 Å². The van der Waals surface area contributed by atoms with Gasteiger partial charge in [0.05, 0.1) is 6.61 Å². The summed E-state index contributed by atoms with van der Waals surface area (Å²) in [5.74, 6) is -0.699. The minimum Gasteiger partial charge on any atom is -0.481 e. The number of carbonyl (C=O) groups is 1. The molecular formula is C13H26O7. The molecular weight excluding hydrogens is 268 g/mol. The fourth-order valence-electron chi connectivity index (χ4n) is 1.92. The number of carboxylic acid groups (broad SMARTS) is 1. The van der Waals surface area contributed by atoms with E-state index in [9.17, 15) is 4.79 Å². The molecule has 0 aliphatic heterocycles. The molecule has 0 fully saturated rings. The molecule has 0 amide bonds. The Labute approximate surface area is 119 Å². The smallest absolute Gasteiger partial charge is 0.303 e. The molecule has 2 N–H and O–H groups in total. The van der Waals surface area contributed by atoms with Crippen LogP contribution in [0.5, 0.6) is 0 Å². The number of carboxylic acids is 1. The van der Waals surface area contributed by atoms with Crippen LogP contribution in [0.25, 0.3) is 0 Å². The summed E-state index contributed by atoms with van der Waals surface area (Å²) in [7, 11) is 0. The van der Waals surface area contributed by atoms with Gasteiger partial charge < -0.3 is 5.11 Å². The van der Waals surface area contributed by atoms with E-state index in [1.807, 2.05) is 0 Å². The van der Waals surface area contributed by atoms with Gasteiger partial charge in [-0.15, -0.1) is 0 Å². The van der Waals surface area contributed by atoms with E-state index in [0.717, 1.165) is 38.5 Å². The molecule has 0 atom stereocenters. The van der Waals surface area contributed by atoms with Gasteiger partial charge in [-0.25, -0.2) is 10.1 Å². The molecule has 0 heterocycles. The van der Waals surface area contributed by atoms with E-state index < -0.39 is 5.97 Å². The molecule has 0 saturated carbocycles. The third-order valence-electron chi connectivity index (χ3n) is 2.97. The quantitative estimate of drug-likeness (QED) is 0.255. The van der Waals surface area contributed by atoms with Crippen LogP contribution in [0.1, 0.15) is 70.6 Å². The van der Waals surface area contributed by atoms with Gasteiger partial charge in [-0.2, -0.15) is 0 Å². The number of hydrogen-bond donors (Lipinski definition) is 2. The summed E-state index contributed by atoms with van der Waals surface area (Å²) in [5.41, 5.74) is 0. The molecule has 0 aliphatic carbocycles. The van der Waals surface area contributed by atoms with Crippen LogP contribution >= 0.6 is 0 Å². The van der Waals surface area contributed by atoms with Crippen molar-refractivity contribution in [1.82, 2.24) is 0 Å². The maximum Gasteiger partial charge on any atom is 0.303 e. The monoisotopic (exact) mass is 294 g/mol. The van der Waals surface area contributed by atoms with Crippen LogP contribution in [0, 0.1) is 0 Å². The van der Waals surface area contributed by atoms with Gasteiger partial charge in [0.2, 0.25) is 0 Å². The van der Waals surface area contributed by atoms with Gasteiger partial charge in [0.1, 0.15) is 0 Å². The molecule has 0 saturated heterocycles. The first kappa shape index (κ1) is 19.3. The maximum absolute atomic E-state index is 10.3. The van der Waals surface area contributed by atoms with Crippen LogP contribution < -0.4 is 0 Å². The number of aliphatic carboxylic acids is 1. The van der Waals surface area contributed by atoms with Crippen LogP contribution in [0.3, 0.4) is 0 Å². The molecule has 7 nitrogen and oxygen atoms in total. The van der Waals surface area contributed by atoms with Crippen molar-refractivity contribution < 1.29 is 35.2 Å². The largest absolute Gasteiger partial charge is 0.481 e. The average Bonchev–Trinajstić information content (AvgIpc) is 2.43. The predicted octanol–water partition coefficient (Wildman–Crippen LogP) is 3.65. The first-order chi connectivity index (χ1) is 9.77. The van der Waals surface area contributed by atoms with E-state index in [4.69, 9.17) is 10.4 Å². The maximum atomic E-state index is 10.3. The van der Waals surface area contributed by atoms with Gasteiger partial charge in [0.25, 0.3) is 0 Å². The second kappa shape index (κ2) is 16.3. The van der Waals surface area contributed by atoms with Crippen molar-refractivity contribution in [3.05, 3.63) is 0 Å². The third-order valence-corrected chi connectivity index (χ3v) is 2.97. The number of unbranched alkanes of at least 4 members (excludes halogenated alkanes) is 9. The molecule has 120 valence electrons. The van der Waals surface area contributed by atoms with Crippen molar-refractivity contribution in [2.24, 2.45) is 0 Å². The highest BCUT2D eigenvalue weighted by molar-refractivity contribution is 5.66. The molecule has 0 bridgehead atoms. The first-order valence-electron chi connectivity index (χ1n) is 7.25. The molecule has 0 spiro atoms. The molecule has 0 radical (unpaired) electrons. The first-order valence-corrected chi connectivity index (χ1v) is 7.25. The lowest BCUT2D eigenvalue weighted by molar-refractivity contribution is -0.702. The van der Waals surface area contributed by atoms with Crippen molar-refractivity contribution in [1.29, 1.82) is 0 Å². The lowest BCUT2D eigenvalue weighted by Crippen LogP contribution is -1.97. The second-order valence-corrected chi connectivity index (χ2v) is 4.71. The summed E-state index contributed by atoms with van der Waals surface area (Å²) in [4.78, 5) is 14.8. The lowest BCUT2D eigenvalue weighted by atomic mass is 10.1. The molecule has 0 unspecified atom stereocenters. The highest BCUT2D eigenvalue weighted by Crippen LogP contribution is 2.11. The molecule has 0 aromatic rings. The third kappa shape index (κ3) is 17.3. The number of hydrogen-bond acceptors (Lipinski definition) is 6. The molecule has 0 aromatic heterocycles. The molecule has 20 heavy (non-hydrogen) atoms. The molecule has 0 aromatic carbocycles. The van der Waals surface area contributed by atoms with Crippen LogP contribution in [-0.4, -0.2) is 22.9 Å². The zero-order valence-electron chi connectivity index (χ0n) is 11.9. The van der Waals surface area contributed by atoms with Gasteiger partial charge in [-0.05, 0) is 28.0 Å². The van der Waals surface area contributed by atoms with Crippen molar-refractivity contribution >= 4 is 5.97 Å². The summed E-state index contributed by atoms with van der Waals surface area (Å²) < 4.78 is 0. The fourth-order valence-corrected chi connectivity index (χ4v) is 1.92. The Morgan fingerprint density at radius 1 is 0.750 bits per heavy atom. The van der Waals surface area contributed by atoms with E-state index >= 15 is 0 Å². The summed E-state index contributed by atoms with van der Waals surface area (Å²) in [6.07, 6.45) is 11.1. The standard InChI is InChI=1S/C13H26O7/c14-13(15)11-9-7-5-3-1-2-4-6-8-10-12-17-19-20-18-16/h16H,1-12H2,(H,14,15). The van der Waals surface area contributed by atoms with E-state index in [0.29, 0.717) is 13.0 Å². The van der Waals surface area contributed by atoms with E-state index in [2.05, 4.69) is 20.0 Å². The molecule has 7 heteroatoms. The minimum absolute atomic E-state index is 0.293. The van der Waals surface area contributed by atoms with Crippen LogP contribution in [-0.2, 0) is 24.8 Å². The van der Waals surface area contributed by atoms with E-state index in [1.165, 1.54) is 25.7 Å². The van der Waals surface area contributed by atoms with Crippen molar-refractivity contribution in [3.63, 3.8) is 0 Å². The van der Waals surface area contributed by atoms with E-state index in [1.54, 1.807) is 0 Å². The normalized spacial score (nSPS) is 10.8. The second-order valence-electron chi connectivity index (χ2n) is 4.71. The SMILES string of the molecule is O=C(O)CCCCCCCCCCCCOOOOO. The van der Waals surface area contributed by atoms with Crippen molar-refractivity contribution in [2.45, 2.75) is 70.6 Å². The van der Waals surface area contributed by atoms with Crippen LogP contribution in [0.2, 0.25) is 0 Å². The fraction of sp³-hybridized carbons (Fsp3) is 0.923. The molecule has 0 rings (SSSR count). The topological polar surface area (TPSA) is 94.5 Å². The Morgan fingerprint density at radius 3 is 1.75 bits per heavy atom. The van der Waals surface area contributed by atoms with Gasteiger partial charge in [-0.3, -0.25) is 4.79 Å². The van der Waals surface area contributed by atoms with E-state index in [-0.39, 0.29) is 0 Å². The van der Waals surface area contributed by atoms with Crippen LogP contribution in [0.4, 0.5) is 0 Å². The Balaban J connectivity index is 2.94. The summed E-state index contributed by atoms with van der Waals surface area (Å²) >= 11 is 0. The summed E-state index contributed by atoms with van der Waals surface area (Å²) in [6, 6.07) is 0. The van der Waals surface area contributed by atoms with Crippen molar-refractivity contribution in [3.8, 4) is 0 Å². The highest BCUT2D eigenvalue weighted by atomic mass is 17.8. The highest BCUT2D eigenvalue weighted by Gasteiger charge is 1.97. The Hall–Kier alpha value is -0.730. The van der Waals surface area contributed by atoms with Gasteiger partial charge >= 0.3 is 5.97 Å². The summed E-state index contributed by atoms with van der Waals surface area (Å²) in [6.45, 7) is 0.396. The predicted molar refractivity (Wildman–Crippen MR) is 70.3 cm³/mol. The average molecular weight is 294 g/mol. The molecule has 0 aliphatic rings. The van der Waals surface area contributed by atoms with Crippen molar-refractivity contribution in [2.75, 3.05) is 6.61 Å². The van der Waals surface area contributed by atoms with Crippen LogP contribution in [0.15, 0.2) is 0 Å². The zero-order valence-corrected chi connectivity index (χ0v) is 11.9. The van der Waals surface area contributed by atoms with Gasteiger partial charge in [-0.1, -0.05) is 51.4 Å². The lowest BCUT2D eigenvalue weighted by Gasteiger charge is -2.02. The Bertz CT molecular complexity index is 211. The van der Waals surface area contributed by atoms with Gasteiger partial charge in [0.15, 0.2) is 0 Å². The summed E-state index contributed by atoms with van der Waals surface area (Å²) in [5, 5.41) is 27.0.